The van der Waals surface area contributed by atoms with Gasteiger partial charge in [0.2, 0.25) is 5.91 Å². The number of nitrogens with one attached hydrogen (secondary N) is 1. The van der Waals surface area contributed by atoms with Gasteiger partial charge in [-0.25, -0.2) is 4.98 Å². The van der Waals surface area contributed by atoms with Crippen LogP contribution in [0.2, 0.25) is 0 Å². The summed E-state index contributed by atoms with van der Waals surface area (Å²) in [5, 5.41) is 2.85. The van der Waals surface area contributed by atoms with Gasteiger partial charge in [0.25, 0.3) is 0 Å². The van der Waals surface area contributed by atoms with Crippen molar-refractivity contribution in [3.05, 3.63) is 100.0 Å². The number of hydrogen-bond donors (Lipinski definition) is 1. The van der Waals surface area contributed by atoms with Gasteiger partial charge in [0.05, 0.1) is 17.8 Å². The lowest BCUT2D eigenvalue weighted by atomic mass is 9.84. The lowest BCUT2D eigenvalue weighted by Crippen LogP contribution is -2.22. The van der Waals surface area contributed by atoms with Gasteiger partial charge in [-0.3, -0.25) is 14.4 Å². The molecule has 31 heavy (non-hydrogen) atoms. The van der Waals surface area contributed by atoms with Gasteiger partial charge in [0.15, 0.2) is 11.6 Å². The van der Waals surface area contributed by atoms with Crippen LogP contribution in [0.1, 0.15) is 48.8 Å². The van der Waals surface area contributed by atoms with E-state index in [1.54, 1.807) is 42.5 Å². The molecule has 1 N–H and O–H groups in total. The molecule has 0 fully saturated rings. The average Bonchev–Trinajstić information content (AvgIpc) is 3.08. The lowest BCUT2D eigenvalue weighted by Gasteiger charge is -2.18. The summed E-state index contributed by atoms with van der Waals surface area (Å²) in [6, 6.07) is 15.5. The highest BCUT2D eigenvalue weighted by Gasteiger charge is 2.29. The molecule has 1 aliphatic carbocycles. The Labute approximate surface area is 178 Å². The average molecular weight is 409 g/mol. The summed E-state index contributed by atoms with van der Waals surface area (Å²) in [5.41, 5.74) is 5.43. The number of aromatic nitrogens is 2. The third-order valence-corrected chi connectivity index (χ3v) is 5.68. The Morgan fingerprint density at radius 1 is 0.903 bits per heavy atom. The minimum Gasteiger partial charge on any atom is -0.326 e. The Bertz CT molecular complexity index is 1420. The molecule has 0 atom stereocenters. The fourth-order valence-electron chi connectivity index (χ4n) is 4.11. The molecule has 152 valence electrons. The van der Waals surface area contributed by atoms with Gasteiger partial charge < -0.3 is 9.72 Å². The molecule has 2 aromatic heterocycles. The van der Waals surface area contributed by atoms with Crippen molar-refractivity contribution >= 4 is 28.8 Å². The number of benzene rings is 2. The monoisotopic (exact) mass is 409 g/mol. The first kappa shape index (κ1) is 18.9. The maximum atomic E-state index is 12.9. The van der Waals surface area contributed by atoms with Crippen LogP contribution in [0.4, 0.5) is 5.69 Å². The van der Waals surface area contributed by atoms with Crippen molar-refractivity contribution in [2.45, 2.75) is 20.3 Å². The molecule has 2 aromatic carbocycles. The number of hydrogen-bond acceptors (Lipinski definition) is 4. The molecule has 0 bridgehead atoms. The van der Waals surface area contributed by atoms with E-state index in [1.807, 2.05) is 36.6 Å². The molecule has 1 aliphatic rings. The molecule has 2 heterocycles. The number of carbonyl (C=O) groups is 3. The Balaban J connectivity index is 1.43. The molecule has 1 amide bonds. The van der Waals surface area contributed by atoms with Gasteiger partial charge in [-0.05, 0) is 43.7 Å². The summed E-state index contributed by atoms with van der Waals surface area (Å²) in [5.74, 6) is -0.615. The van der Waals surface area contributed by atoms with Crippen LogP contribution in [-0.2, 0) is 11.2 Å². The highest BCUT2D eigenvalue weighted by Crippen LogP contribution is 2.29. The van der Waals surface area contributed by atoms with Crippen LogP contribution in [0, 0.1) is 13.8 Å². The zero-order valence-corrected chi connectivity index (χ0v) is 17.1. The maximum Gasteiger partial charge on any atom is 0.230 e. The van der Waals surface area contributed by atoms with Crippen molar-refractivity contribution in [3.63, 3.8) is 0 Å². The first-order valence-corrected chi connectivity index (χ1v) is 9.99. The number of aryl methyl sites for hydroxylation is 2. The van der Waals surface area contributed by atoms with Crippen molar-refractivity contribution in [1.82, 2.24) is 9.38 Å². The van der Waals surface area contributed by atoms with Crippen LogP contribution in [0.5, 0.6) is 0 Å². The van der Waals surface area contributed by atoms with Crippen LogP contribution in [0.3, 0.4) is 0 Å². The molecule has 6 nitrogen and oxygen atoms in total. The fraction of sp³-hybridized carbons (Fsp3) is 0.120. The van der Waals surface area contributed by atoms with E-state index in [-0.39, 0.29) is 23.9 Å². The number of imidazole rings is 1. The van der Waals surface area contributed by atoms with Gasteiger partial charge in [0.1, 0.15) is 5.65 Å². The van der Waals surface area contributed by atoms with Gasteiger partial charge in [-0.15, -0.1) is 0 Å². The van der Waals surface area contributed by atoms with Crippen molar-refractivity contribution in [1.29, 1.82) is 0 Å². The minimum absolute atomic E-state index is 0.142. The topological polar surface area (TPSA) is 80.5 Å². The largest absolute Gasteiger partial charge is 0.326 e. The standard InChI is InChI=1S/C25H19N3O3/c1-14-6-5-11-28-21(15(2)26-25(14)28)13-22(29)27-16-9-10-19-20(12-16)24(31)18-8-4-3-7-17(18)23(19)30/h3-12H,13H2,1-2H3,(H,27,29). The zero-order chi connectivity index (χ0) is 21.7. The second kappa shape index (κ2) is 7.02. The highest BCUT2D eigenvalue weighted by molar-refractivity contribution is 6.28. The van der Waals surface area contributed by atoms with Crippen molar-refractivity contribution in [2.75, 3.05) is 5.32 Å². The molecule has 6 heteroatoms. The van der Waals surface area contributed by atoms with Crippen LogP contribution >= 0.6 is 0 Å². The van der Waals surface area contributed by atoms with E-state index >= 15 is 0 Å². The van der Waals surface area contributed by atoms with Crippen molar-refractivity contribution in [2.24, 2.45) is 0 Å². The number of rotatable bonds is 3. The Hall–Kier alpha value is -4.06. The van der Waals surface area contributed by atoms with Crippen molar-refractivity contribution in [3.8, 4) is 0 Å². The first-order chi connectivity index (χ1) is 14.9. The summed E-state index contributed by atoms with van der Waals surface area (Å²) in [6.45, 7) is 3.87. The molecule has 0 aliphatic heterocycles. The maximum absolute atomic E-state index is 12.9. The Morgan fingerprint density at radius 3 is 2.32 bits per heavy atom. The third-order valence-electron chi connectivity index (χ3n) is 5.68. The number of fused-ring (bicyclic) bond motifs is 3. The summed E-state index contributed by atoms with van der Waals surface area (Å²) < 4.78 is 1.93. The van der Waals surface area contributed by atoms with E-state index in [1.165, 1.54) is 0 Å². The minimum atomic E-state index is -0.221. The first-order valence-electron chi connectivity index (χ1n) is 9.99. The van der Waals surface area contributed by atoms with E-state index < -0.39 is 0 Å². The predicted octanol–water partition coefficient (Wildman–Crippen LogP) is 3.91. The SMILES string of the molecule is Cc1nc2c(C)cccn2c1CC(=O)Nc1ccc2c(c1)C(=O)c1ccccc1C2=O. The molecule has 0 spiro atoms. The number of nitrogens with zero attached hydrogens (tertiary/aromatic N) is 2. The van der Waals surface area contributed by atoms with E-state index in [2.05, 4.69) is 10.3 Å². The number of pyridine rings is 1. The van der Waals surface area contributed by atoms with Gasteiger partial charge in [-0.1, -0.05) is 30.3 Å². The quantitative estimate of drug-likeness (QED) is 0.490. The highest BCUT2D eigenvalue weighted by atomic mass is 16.2. The Kier molecular flexibility index (Phi) is 4.29. The molecule has 0 unspecified atom stereocenters. The van der Waals surface area contributed by atoms with Gasteiger partial charge in [0, 0.05) is 34.1 Å². The predicted molar refractivity (Wildman–Crippen MR) is 117 cm³/mol. The summed E-state index contributed by atoms with van der Waals surface area (Å²) >= 11 is 0. The number of ketones is 2. The van der Waals surface area contributed by atoms with Crippen LogP contribution in [-0.4, -0.2) is 26.9 Å². The number of amides is 1. The summed E-state index contributed by atoms with van der Waals surface area (Å²) in [6.07, 6.45) is 2.04. The fourth-order valence-corrected chi connectivity index (χ4v) is 4.11. The third kappa shape index (κ3) is 3.04. The molecule has 0 saturated carbocycles. The summed E-state index contributed by atoms with van der Waals surface area (Å²) in [4.78, 5) is 43.0. The smallest absolute Gasteiger partial charge is 0.230 e. The second-order valence-corrected chi connectivity index (χ2v) is 7.72. The zero-order valence-electron chi connectivity index (χ0n) is 17.1. The normalized spacial score (nSPS) is 12.6. The molecule has 0 radical (unpaired) electrons. The molecular weight excluding hydrogens is 390 g/mol. The second-order valence-electron chi connectivity index (χ2n) is 7.72. The Morgan fingerprint density at radius 2 is 1.58 bits per heavy atom. The van der Waals surface area contributed by atoms with Gasteiger partial charge in [-0.2, -0.15) is 0 Å². The van der Waals surface area contributed by atoms with Gasteiger partial charge >= 0.3 is 0 Å². The van der Waals surface area contributed by atoms with E-state index in [4.69, 9.17) is 0 Å². The van der Waals surface area contributed by atoms with Crippen molar-refractivity contribution < 1.29 is 14.4 Å². The molecule has 0 saturated heterocycles. The molecule has 4 aromatic rings. The van der Waals surface area contributed by atoms with Crippen LogP contribution < -0.4 is 5.32 Å². The summed E-state index contributed by atoms with van der Waals surface area (Å²) in [7, 11) is 0. The van der Waals surface area contributed by atoms with Crippen LogP contribution in [0.15, 0.2) is 60.8 Å². The van der Waals surface area contributed by atoms with E-state index in [0.29, 0.717) is 27.9 Å². The molecule has 5 rings (SSSR count). The lowest BCUT2D eigenvalue weighted by molar-refractivity contribution is -0.115. The van der Waals surface area contributed by atoms with E-state index in [9.17, 15) is 14.4 Å². The molecular formula is C25H19N3O3. The number of anilines is 1. The van der Waals surface area contributed by atoms with Crippen LogP contribution in [0.25, 0.3) is 5.65 Å². The number of carbonyl (C=O) groups excluding carboxylic acids is 3. The van der Waals surface area contributed by atoms with E-state index in [0.717, 1.165) is 22.6 Å².